The number of aryl methyl sites for hydroxylation is 2. The van der Waals surface area contributed by atoms with Crippen LogP contribution in [0.25, 0.3) is 0 Å². The van der Waals surface area contributed by atoms with Gasteiger partial charge in [0, 0.05) is 28.7 Å². The van der Waals surface area contributed by atoms with Crippen LogP contribution >= 0.6 is 11.8 Å². The van der Waals surface area contributed by atoms with Crippen molar-refractivity contribution >= 4 is 23.4 Å². The number of carbonyl (C=O) groups is 1. The number of aromatic nitrogens is 1. The van der Waals surface area contributed by atoms with E-state index in [-0.39, 0.29) is 5.91 Å². The summed E-state index contributed by atoms with van der Waals surface area (Å²) in [4.78, 5) is 17.7. The van der Waals surface area contributed by atoms with Crippen LogP contribution in [0, 0.1) is 13.8 Å². The molecule has 1 heterocycles. The second kappa shape index (κ2) is 7.99. The van der Waals surface area contributed by atoms with Crippen molar-refractivity contribution in [3.8, 4) is 0 Å². The molecule has 0 aliphatic carbocycles. The molecule has 25 heavy (non-hydrogen) atoms. The number of benzene rings is 2. The molecule has 0 aliphatic rings. The molecule has 1 aromatic heterocycles. The average molecular weight is 348 g/mol. The van der Waals surface area contributed by atoms with Gasteiger partial charge in [0.2, 0.25) is 0 Å². The Kier molecular flexibility index (Phi) is 5.51. The number of carbonyl (C=O) groups excluding carboxylic acids is 1. The molecule has 2 aromatic carbocycles. The Hall–Kier alpha value is -2.59. The number of anilines is 1. The van der Waals surface area contributed by atoms with Gasteiger partial charge in [0.15, 0.2) is 0 Å². The summed E-state index contributed by atoms with van der Waals surface area (Å²) in [5, 5.41) is 3.00. The first kappa shape index (κ1) is 17.2. The molecule has 126 valence electrons. The molecule has 3 rings (SSSR count). The summed E-state index contributed by atoms with van der Waals surface area (Å²) in [6, 6.07) is 17.7. The van der Waals surface area contributed by atoms with E-state index in [0.29, 0.717) is 5.56 Å². The van der Waals surface area contributed by atoms with Gasteiger partial charge in [-0.25, -0.2) is 0 Å². The normalized spacial score (nSPS) is 10.5. The van der Waals surface area contributed by atoms with E-state index in [0.717, 1.165) is 21.9 Å². The number of hydrogen-bond acceptors (Lipinski definition) is 3. The van der Waals surface area contributed by atoms with Gasteiger partial charge in [0.05, 0.1) is 5.56 Å². The number of rotatable bonds is 5. The topological polar surface area (TPSA) is 42.0 Å². The van der Waals surface area contributed by atoms with Crippen LogP contribution in [-0.2, 0) is 5.75 Å². The van der Waals surface area contributed by atoms with E-state index in [1.54, 1.807) is 24.2 Å². The van der Waals surface area contributed by atoms with E-state index in [2.05, 4.69) is 17.2 Å². The molecular formula is C21H20N2OS. The van der Waals surface area contributed by atoms with E-state index in [1.165, 1.54) is 11.1 Å². The molecule has 0 spiro atoms. The van der Waals surface area contributed by atoms with E-state index in [1.807, 2.05) is 61.5 Å². The summed E-state index contributed by atoms with van der Waals surface area (Å²) < 4.78 is 0. The second-order valence-corrected chi connectivity index (χ2v) is 6.91. The van der Waals surface area contributed by atoms with Crippen molar-refractivity contribution in [2.24, 2.45) is 0 Å². The number of amides is 1. The van der Waals surface area contributed by atoms with E-state index in [4.69, 9.17) is 0 Å². The maximum Gasteiger partial charge on any atom is 0.256 e. The molecule has 3 nitrogen and oxygen atoms in total. The van der Waals surface area contributed by atoms with E-state index < -0.39 is 0 Å². The van der Waals surface area contributed by atoms with Gasteiger partial charge >= 0.3 is 0 Å². The largest absolute Gasteiger partial charge is 0.322 e. The summed E-state index contributed by atoms with van der Waals surface area (Å²) in [7, 11) is 0. The molecule has 0 radical (unpaired) electrons. The van der Waals surface area contributed by atoms with Gasteiger partial charge in [-0.2, -0.15) is 0 Å². The van der Waals surface area contributed by atoms with Gasteiger partial charge < -0.3 is 5.32 Å². The zero-order valence-electron chi connectivity index (χ0n) is 14.3. The lowest BCUT2D eigenvalue weighted by molar-refractivity contribution is 0.102. The first-order valence-corrected chi connectivity index (χ1v) is 9.11. The fourth-order valence-corrected chi connectivity index (χ4v) is 3.44. The minimum absolute atomic E-state index is 0.0823. The first-order chi connectivity index (χ1) is 12.1. The van der Waals surface area contributed by atoms with Crippen LogP contribution in [0.1, 0.15) is 27.0 Å². The third kappa shape index (κ3) is 4.48. The lowest BCUT2D eigenvalue weighted by Crippen LogP contribution is -2.13. The lowest BCUT2D eigenvalue weighted by atomic mass is 10.1. The second-order valence-electron chi connectivity index (χ2n) is 5.89. The maximum absolute atomic E-state index is 12.7. The summed E-state index contributed by atoms with van der Waals surface area (Å²) in [5.41, 5.74) is 5.08. The fourth-order valence-electron chi connectivity index (χ4n) is 2.44. The van der Waals surface area contributed by atoms with Gasteiger partial charge in [0.25, 0.3) is 5.91 Å². The van der Waals surface area contributed by atoms with Gasteiger partial charge in [-0.05, 0) is 66.9 Å². The predicted octanol–water partition coefficient (Wildman–Crippen LogP) is 5.24. The molecule has 0 fully saturated rings. The third-order valence-corrected chi connectivity index (χ3v) is 5.18. The molecule has 0 aliphatic heterocycles. The molecular weight excluding hydrogens is 328 g/mol. The van der Waals surface area contributed by atoms with Crippen LogP contribution in [-0.4, -0.2) is 10.9 Å². The highest BCUT2D eigenvalue weighted by Crippen LogP contribution is 2.27. The van der Waals surface area contributed by atoms with Gasteiger partial charge in [-0.3, -0.25) is 9.78 Å². The van der Waals surface area contributed by atoms with Crippen molar-refractivity contribution in [2.75, 3.05) is 5.32 Å². The highest BCUT2D eigenvalue weighted by Gasteiger charge is 2.12. The zero-order chi connectivity index (χ0) is 17.6. The molecule has 1 amide bonds. The highest BCUT2D eigenvalue weighted by atomic mass is 32.2. The average Bonchev–Trinajstić information content (AvgIpc) is 2.64. The maximum atomic E-state index is 12.7. The van der Waals surface area contributed by atoms with Crippen LogP contribution in [0.2, 0.25) is 0 Å². The molecule has 0 saturated heterocycles. The summed E-state index contributed by atoms with van der Waals surface area (Å²) in [6.07, 6.45) is 3.57. The van der Waals surface area contributed by atoms with Crippen molar-refractivity contribution in [3.63, 3.8) is 0 Å². The van der Waals surface area contributed by atoms with Crippen molar-refractivity contribution in [1.29, 1.82) is 0 Å². The Morgan fingerprint density at radius 3 is 2.52 bits per heavy atom. The number of nitrogens with zero attached hydrogens (tertiary/aromatic N) is 1. The molecule has 0 bridgehead atoms. The zero-order valence-corrected chi connectivity index (χ0v) is 15.1. The Morgan fingerprint density at radius 2 is 1.76 bits per heavy atom. The quantitative estimate of drug-likeness (QED) is 0.641. The standard InChI is InChI=1S/C21H20N2OS/c1-15-7-8-18(13-16(15)2)23-21(24)19-5-3-4-6-20(19)25-14-17-9-11-22-12-10-17/h3-13H,14H2,1-2H3,(H,23,24). The summed E-state index contributed by atoms with van der Waals surface area (Å²) >= 11 is 1.66. The number of nitrogens with one attached hydrogen (secondary N) is 1. The van der Waals surface area contributed by atoms with E-state index >= 15 is 0 Å². The van der Waals surface area contributed by atoms with Crippen molar-refractivity contribution in [1.82, 2.24) is 4.98 Å². The molecule has 4 heteroatoms. The Bertz CT molecular complexity index is 878. The predicted molar refractivity (Wildman–Crippen MR) is 104 cm³/mol. The van der Waals surface area contributed by atoms with Gasteiger partial charge in [0.1, 0.15) is 0 Å². The monoisotopic (exact) mass is 348 g/mol. The number of thioether (sulfide) groups is 1. The fraction of sp³-hybridized carbons (Fsp3) is 0.143. The van der Waals surface area contributed by atoms with Crippen LogP contribution in [0.3, 0.4) is 0 Å². The molecule has 0 unspecified atom stereocenters. The lowest BCUT2D eigenvalue weighted by Gasteiger charge is -2.11. The minimum atomic E-state index is -0.0823. The van der Waals surface area contributed by atoms with Crippen LogP contribution in [0.5, 0.6) is 0 Å². The van der Waals surface area contributed by atoms with E-state index in [9.17, 15) is 4.79 Å². The first-order valence-electron chi connectivity index (χ1n) is 8.13. The summed E-state index contributed by atoms with van der Waals surface area (Å²) in [6.45, 7) is 4.11. The Morgan fingerprint density at radius 1 is 1.00 bits per heavy atom. The smallest absolute Gasteiger partial charge is 0.256 e. The third-order valence-electron chi connectivity index (χ3n) is 4.04. The summed E-state index contributed by atoms with van der Waals surface area (Å²) in [5.74, 6) is 0.720. The Balaban J connectivity index is 1.75. The number of hydrogen-bond donors (Lipinski definition) is 1. The molecule has 0 saturated carbocycles. The van der Waals surface area contributed by atoms with Crippen molar-refractivity contribution < 1.29 is 4.79 Å². The van der Waals surface area contributed by atoms with Crippen molar-refractivity contribution in [3.05, 3.63) is 89.2 Å². The van der Waals surface area contributed by atoms with Gasteiger partial charge in [-0.15, -0.1) is 11.8 Å². The number of pyridine rings is 1. The molecule has 1 N–H and O–H groups in total. The molecule has 0 atom stereocenters. The minimum Gasteiger partial charge on any atom is -0.322 e. The van der Waals surface area contributed by atoms with Crippen molar-refractivity contribution in [2.45, 2.75) is 24.5 Å². The van der Waals surface area contributed by atoms with Crippen LogP contribution < -0.4 is 5.32 Å². The highest BCUT2D eigenvalue weighted by molar-refractivity contribution is 7.98. The Labute approximate surface area is 152 Å². The SMILES string of the molecule is Cc1ccc(NC(=O)c2ccccc2SCc2ccncc2)cc1C. The van der Waals surface area contributed by atoms with Gasteiger partial charge in [-0.1, -0.05) is 18.2 Å². The van der Waals surface area contributed by atoms with Crippen LogP contribution in [0.4, 0.5) is 5.69 Å². The molecule has 3 aromatic rings. The van der Waals surface area contributed by atoms with Crippen LogP contribution in [0.15, 0.2) is 71.9 Å².